The Labute approximate surface area is 223 Å². The molecule has 0 saturated carbocycles. The third-order valence-electron chi connectivity index (χ3n) is 5.50. The first-order valence-electron chi connectivity index (χ1n) is 12.1. The summed E-state index contributed by atoms with van der Waals surface area (Å²) in [5.74, 6) is -0.598. The van der Waals surface area contributed by atoms with Crippen molar-refractivity contribution in [1.82, 2.24) is 0 Å². The highest BCUT2D eigenvalue weighted by molar-refractivity contribution is 6.04. The number of benzene rings is 3. The van der Waals surface area contributed by atoms with Crippen molar-refractivity contribution in [3.8, 4) is 11.5 Å². The van der Waals surface area contributed by atoms with Gasteiger partial charge in [0.15, 0.2) is 13.2 Å². The predicted molar refractivity (Wildman–Crippen MR) is 144 cm³/mol. The topological polar surface area (TPSA) is 133 Å². The molecule has 0 aliphatic carbocycles. The van der Waals surface area contributed by atoms with Gasteiger partial charge in [0.1, 0.15) is 17.1 Å². The van der Waals surface area contributed by atoms with Gasteiger partial charge < -0.3 is 29.3 Å². The van der Waals surface area contributed by atoms with E-state index in [1.807, 2.05) is 6.92 Å². The average Bonchev–Trinajstić information content (AvgIpc) is 2.92. The van der Waals surface area contributed by atoms with Crippen molar-refractivity contribution in [2.75, 3.05) is 30.5 Å². The van der Waals surface area contributed by atoms with Crippen molar-refractivity contribution in [3.63, 3.8) is 0 Å². The van der Waals surface area contributed by atoms with E-state index in [1.165, 1.54) is 12.1 Å². The van der Waals surface area contributed by atoms with Crippen LogP contribution in [0.5, 0.6) is 11.5 Å². The van der Waals surface area contributed by atoms with Gasteiger partial charge in [0.2, 0.25) is 0 Å². The molecule has 0 bridgehead atoms. The molecule has 39 heavy (non-hydrogen) atoms. The molecule has 4 rings (SSSR count). The number of rotatable bonds is 10. The zero-order valence-electron chi connectivity index (χ0n) is 21.3. The van der Waals surface area contributed by atoms with Gasteiger partial charge in [0.05, 0.1) is 6.61 Å². The number of carbonyl (C=O) groups excluding carboxylic acids is 3. The molecule has 2 amide bonds. The minimum atomic E-state index is -0.753. The summed E-state index contributed by atoms with van der Waals surface area (Å²) in [6, 6.07) is 19.5. The van der Waals surface area contributed by atoms with Crippen molar-refractivity contribution in [3.05, 3.63) is 94.3 Å². The maximum absolute atomic E-state index is 12.5. The lowest BCUT2D eigenvalue weighted by molar-refractivity contribution is -0.149. The zero-order chi connectivity index (χ0) is 27.8. The van der Waals surface area contributed by atoms with E-state index >= 15 is 0 Å². The highest BCUT2D eigenvalue weighted by Gasteiger charge is 2.11. The van der Waals surface area contributed by atoms with Gasteiger partial charge in [0, 0.05) is 34.5 Å². The maximum atomic E-state index is 12.5. The van der Waals surface area contributed by atoms with Crippen molar-refractivity contribution >= 4 is 40.1 Å². The molecule has 2 N–H and O–H groups in total. The summed E-state index contributed by atoms with van der Waals surface area (Å²) >= 11 is 0. The van der Waals surface area contributed by atoms with Crippen molar-refractivity contribution in [1.29, 1.82) is 0 Å². The minimum Gasteiger partial charge on any atom is -0.494 e. The summed E-state index contributed by atoms with van der Waals surface area (Å²) in [6.45, 7) is 3.28. The van der Waals surface area contributed by atoms with Gasteiger partial charge >= 0.3 is 11.6 Å². The van der Waals surface area contributed by atoms with E-state index in [1.54, 1.807) is 67.6 Å². The summed E-state index contributed by atoms with van der Waals surface area (Å²) in [5, 5.41) is 6.13. The van der Waals surface area contributed by atoms with Gasteiger partial charge in [-0.2, -0.15) is 0 Å². The van der Waals surface area contributed by atoms with Crippen LogP contribution in [0.3, 0.4) is 0 Å². The number of carbonyl (C=O) groups is 3. The van der Waals surface area contributed by atoms with E-state index in [9.17, 15) is 19.2 Å². The molecule has 4 aromatic rings. The molecule has 200 valence electrons. The Hall–Kier alpha value is -5.12. The Morgan fingerprint density at radius 3 is 2.18 bits per heavy atom. The molecule has 0 radical (unpaired) electrons. The average molecular weight is 531 g/mol. The number of anilines is 2. The van der Waals surface area contributed by atoms with Crippen LogP contribution in [-0.4, -0.2) is 37.6 Å². The Morgan fingerprint density at radius 1 is 0.795 bits per heavy atom. The predicted octanol–water partition coefficient (Wildman–Crippen LogP) is 4.31. The largest absolute Gasteiger partial charge is 0.494 e. The molecule has 1 heterocycles. The number of ether oxygens (including phenoxy) is 3. The molecule has 1 aromatic heterocycles. The smallest absolute Gasteiger partial charge is 0.344 e. The number of hydrogen-bond acceptors (Lipinski definition) is 8. The lowest BCUT2D eigenvalue weighted by Crippen LogP contribution is -2.23. The lowest BCUT2D eigenvalue weighted by Gasteiger charge is -2.10. The fourth-order valence-electron chi connectivity index (χ4n) is 3.63. The number of esters is 1. The van der Waals surface area contributed by atoms with Gasteiger partial charge in [-0.05, 0) is 80.1 Å². The Kier molecular flexibility index (Phi) is 8.57. The van der Waals surface area contributed by atoms with Crippen LogP contribution in [0, 0.1) is 6.92 Å². The Balaban J connectivity index is 1.21. The SMILES string of the molecule is CCOc1ccc(NC(=O)c2ccc(NC(=O)COC(=O)COc3ccc4c(C)cc(=O)oc4c3)cc2)cc1. The summed E-state index contributed by atoms with van der Waals surface area (Å²) in [7, 11) is 0. The first-order valence-corrected chi connectivity index (χ1v) is 12.1. The maximum Gasteiger partial charge on any atom is 0.344 e. The third-order valence-corrected chi connectivity index (χ3v) is 5.50. The van der Waals surface area contributed by atoms with E-state index in [0.717, 1.165) is 10.9 Å². The number of amides is 2. The monoisotopic (exact) mass is 530 g/mol. The van der Waals surface area contributed by atoms with Crippen LogP contribution in [0.25, 0.3) is 11.0 Å². The number of fused-ring (bicyclic) bond motifs is 1. The molecule has 0 saturated heterocycles. The van der Waals surface area contributed by atoms with E-state index in [-0.39, 0.29) is 5.91 Å². The fraction of sp³-hybridized carbons (Fsp3) is 0.172. The molecular weight excluding hydrogens is 504 g/mol. The summed E-state index contributed by atoms with van der Waals surface area (Å²) in [5.41, 5.74) is 2.06. The van der Waals surface area contributed by atoms with Crippen LogP contribution in [0.1, 0.15) is 22.8 Å². The van der Waals surface area contributed by atoms with Crippen molar-refractivity contribution < 1.29 is 33.0 Å². The van der Waals surface area contributed by atoms with Crippen LogP contribution in [0.2, 0.25) is 0 Å². The molecule has 3 aromatic carbocycles. The van der Waals surface area contributed by atoms with E-state index in [2.05, 4.69) is 10.6 Å². The van der Waals surface area contributed by atoms with Gasteiger partial charge in [-0.1, -0.05) is 0 Å². The fourth-order valence-corrected chi connectivity index (χ4v) is 3.63. The molecule has 0 unspecified atom stereocenters. The van der Waals surface area contributed by atoms with E-state index < -0.39 is 30.7 Å². The normalized spacial score (nSPS) is 10.5. The van der Waals surface area contributed by atoms with Crippen LogP contribution in [0.15, 0.2) is 82.0 Å². The molecule has 0 atom stereocenters. The van der Waals surface area contributed by atoms with Gasteiger partial charge in [-0.3, -0.25) is 9.59 Å². The van der Waals surface area contributed by atoms with E-state index in [4.69, 9.17) is 18.6 Å². The molecule has 0 fully saturated rings. The summed E-state index contributed by atoms with van der Waals surface area (Å²) < 4.78 is 20.9. The van der Waals surface area contributed by atoms with Crippen LogP contribution >= 0.6 is 0 Å². The zero-order valence-corrected chi connectivity index (χ0v) is 21.3. The molecule has 0 aliphatic rings. The highest BCUT2D eigenvalue weighted by Crippen LogP contribution is 2.22. The Morgan fingerprint density at radius 2 is 1.46 bits per heavy atom. The lowest BCUT2D eigenvalue weighted by atomic mass is 10.1. The second kappa shape index (κ2) is 12.4. The quantitative estimate of drug-likeness (QED) is 0.229. The molecule has 0 spiro atoms. The van der Waals surface area contributed by atoms with Crippen LogP contribution < -0.4 is 25.7 Å². The first kappa shape index (κ1) is 26.9. The molecular formula is C29H26N2O8. The second-order valence-electron chi connectivity index (χ2n) is 8.39. The second-order valence-corrected chi connectivity index (χ2v) is 8.39. The van der Waals surface area contributed by atoms with Gasteiger partial charge in [-0.15, -0.1) is 0 Å². The van der Waals surface area contributed by atoms with Gasteiger partial charge in [0.25, 0.3) is 11.8 Å². The number of hydrogen-bond donors (Lipinski definition) is 2. The summed E-state index contributed by atoms with van der Waals surface area (Å²) in [4.78, 5) is 48.2. The van der Waals surface area contributed by atoms with Crippen molar-refractivity contribution in [2.45, 2.75) is 13.8 Å². The molecule has 10 heteroatoms. The first-order chi connectivity index (χ1) is 18.8. The highest BCUT2D eigenvalue weighted by atomic mass is 16.6. The Bertz CT molecular complexity index is 1540. The summed E-state index contributed by atoms with van der Waals surface area (Å²) in [6.07, 6.45) is 0. The third kappa shape index (κ3) is 7.45. The minimum absolute atomic E-state index is 0.310. The van der Waals surface area contributed by atoms with Gasteiger partial charge in [-0.25, -0.2) is 9.59 Å². The number of aryl methyl sites for hydroxylation is 1. The molecule has 0 aliphatic heterocycles. The van der Waals surface area contributed by atoms with Crippen molar-refractivity contribution in [2.24, 2.45) is 0 Å². The number of nitrogens with one attached hydrogen (secondary N) is 2. The van der Waals surface area contributed by atoms with E-state index in [0.29, 0.717) is 40.6 Å². The standard InChI is InChI=1S/C29H26N2O8/c1-3-36-22-10-8-21(9-11-22)31-29(35)19-4-6-20(7-5-19)30-26(32)16-38-28(34)17-37-23-12-13-24-18(2)14-27(33)39-25(24)15-23/h4-15H,3,16-17H2,1-2H3,(H,30,32)(H,31,35). The molecule has 10 nitrogen and oxygen atoms in total. The van der Waals surface area contributed by atoms with Crippen LogP contribution in [0.4, 0.5) is 11.4 Å². The van der Waals surface area contributed by atoms with Crippen LogP contribution in [-0.2, 0) is 14.3 Å².